The fraction of sp³-hybridized carbons (Fsp3) is 0.167. The van der Waals surface area contributed by atoms with Gasteiger partial charge in [-0.3, -0.25) is 10.1 Å². The molecular weight excluding hydrogens is 284 g/mol. The molecule has 7 nitrogen and oxygen atoms in total. The molecular formula is C12H11ClN4O3. The van der Waals surface area contributed by atoms with Crippen LogP contribution >= 0.6 is 11.6 Å². The quantitative estimate of drug-likeness (QED) is 0.530. The maximum atomic E-state index is 10.8. The number of ether oxygens (including phenoxy) is 1. The number of benzene rings is 1. The van der Waals surface area contributed by atoms with Crippen molar-refractivity contribution < 1.29 is 9.66 Å². The van der Waals surface area contributed by atoms with E-state index in [9.17, 15) is 10.1 Å². The van der Waals surface area contributed by atoms with E-state index < -0.39 is 4.92 Å². The van der Waals surface area contributed by atoms with Gasteiger partial charge < -0.3 is 10.5 Å². The van der Waals surface area contributed by atoms with Crippen LogP contribution in [0.2, 0.25) is 5.15 Å². The molecule has 1 aromatic heterocycles. The van der Waals surface area contributed by atoms with E-state index >= 15 is 0 Å². The highest BCUT2D eigenvalue weighted by molar-refractivity contribution is 6.32. The molecule has 1 heterocycles. The maximum Gasteiger partial charge on any atom is 0.272 e. The summed E-state index contributed by atoms with van der Waals surface area (Å²) in [5.41, 5.74) is 6.93. The van der Waals surface area contributed by atoms with Crippen molar-refractivity contribution in [3.63, 3.8) is 0 Å². The second kappa shape index (κ2) is 5.30. The molecule has 2 rings (SSSR count). The van der Waals surface area contributed by atoms with Gasteiger partial charge in [-0.05, 0) is 25.5 Å². The summed E-state index contributed by atoms with van der Waals surface area (Å²) in [6.07, 6.45) is 1.22. The summed E-state index contributed by atoms with van der Waals surface area (Å²) in [5, 5.41) is 10.9. The number of hydrogen-bond donors (Lipinski definition) is 1. The number of anilines is 1. The van der Waals surface area contributed by atoms with E-state index in [0.717, 1.165) is 0 Å². The molecule has 0 aliphatic heterocycles. The zero-order valence-electron chi connectivity index (χ0n) is 10.8. The van der Waals surface area contributed by atoms with Gasteiger partial charge in [0.15, 0.2) is 5.15 Å². The largest absolute Gasteiger partial charge is 0.437 e. The first-order valence-corrected chi connectivity index (χ1v) is 5.97. The summed E-state index contributed by atoms with van der Waals surface area (Å²) in [6.45, 7) is 3.32. The van der Waals surface area contributed by atoms with E-state index in [1.54, 1.807) is 19.9 Å². The summed E-state index contributed by atoms with van der Waals surface area (Å²) in [6, 6.07) is 2.99. The second-order valence-electron chi connectivity index (χ2n) is 4.15. The first-order valence-electron chi connectivity index (χ1n) is 5.59. The topological polar surface area (TPSA) is 104 Å². The monoisotopic (exact) mass is 294 g/mol. The van der Waals surface area contributed by atoms with Gasteiger partial charge in [0.2, 0.25) is 5.88 Å². The first-order chi connectivity index (χ1) is 9.40. The van der Waals surface area contributed by atoms with E-state index in [4.69, 9.17) is 22.1 Å². The van der Waals surface area contributed by atoms with Crippen molar-refractivity contribution in [1.82, 2.24) is 9.97 Å². The van der Waals surface area contributed by atoms with Crippen LogP contribution in [0.25, 0.3) is 0 Å². The van der Waals surface area contributed by atoms with Crippen molar-refractivity contribution in [2.24, 2.45) is 0 Å². The third-order valence-corrected chi connectivity index (χ3v) is 3.00. The lowest BCUT2D eigenvalue weighted by atomic mass is 10.1. The van der Waals surface area contributed by atoms with Gasteiger partial charge in [-0.15, -0.1) is 0 Å². The highest BCUT2D eigenvalue weighted by Crippen LogP contribution is 2.33. The predicted molar refractivity (Wildman–Crippen MR) is 74.1 cm³/mol. The SMILES string of the molecule is Cc1cc([N+](=O)[O-])c(C)cc1Oc1ncnc(Cl)c1N. The van der Waals surface area contributed by atoms with E-state index in [2.05, 4.69) is 9.97 Å². The fourth-order valence-electron chi connectivity index (χ4n) is 1.63. The smallest absolute Gasteiger partial charge is 0.272 e. The number of halogens is 1. The minimum Gasteiger partial charge on any atom is -0.437 e. The summed E-state index contributed by atoms with van der Waals surface area (Å²) >= 11 is 5.77. The minimum atomic E-state index is -0.442. The minimum absolute atomic E-state index is 0.0311. The van der Waals surface area contributed by atoms with Crippen LogP contribution in [0.5, 0.6) is 11.6 Å². The molecule has 0 saturated heterocycles. The molecule has 2 N–H and O–H groups in total. The van der Waals surface area contributed by atoms with Gasteiger partial charge in [0.05, 0.1) is 4.92 Å². The molecule has 20 heavy (non-hydrogen) atoms. The first kappa shape index (κ1) is 14.0. The van der Waals surface area contributed by atoms with Crippen LogP contribution in [-0.2, 0) is 0 Å². The number of hydrogen-bond acceptors (Lipinski definition) is 6. The normalized spacial score (nSPS) is 10.3. The summed E-state index contributed by atoms with van der Waals surface area (Å²) in [5.74, 6) is 0.538. The van der Waals surface area contributed by atoms with E-state index in [1.165, 1.54) is 12.4 Å². The zero-order chi connectivity index (χ0) is 14.9. The number of aryl methyl sites for hydroxylation is 2. The Kier molecular flexibility index (Phi) is 3.71. The molecule has 8 heteroatoms. The molecule has 104 valence electrons. The van der Waals surface area contributed by atoms with Crippen LogP contribution in [0.1, 0.15) is 11.1 Å². The molecule has 0 saturated carbocycles. The predicted octanol–water partition coefficient (Wildman–Crippen LogP) is 3.03. The molecule has 0 atom stereocenters. The highest BCUT2D eigenvalue weighted by atomic mass is 35.5. The Morgan fingerprint density at radius 1 is 1.30 bits per heavy atom. The van der Waals surface area contributed by atoms with Crippen LogP contribution in [-0.4, -0.2) is 14.9 Å². The standard InChI is InChI=1S/C12H11ClN4O3/c1-6-4-9(7(2)3-8(6)17(18)19)20-12-10(14)11(13)15-5-16-12/h3-5H,14H2,1-2H3. The molecule has 0 unspecified atom stereocenters. The number of nitro groups is 1. The molecule has 0 aliphatic rings. The average Bonchev–Trinajstić information content (AvgIpc) is 2.38. The van der Waals surface area contributed by atoms with E-state index in [1.807, 2.05) is 0 Å². The van der Waals surface area contributed by atoms with Crippen LogP contribution in [0, 0.1) is 24.0 Å². The average molecular weight is 295 g/mol. The van der Waals surface area contributed by atoms with Crippen molar-refractivity contribution in [3.05, 3.63) is 44.9 Å². The van der Waals surface area contributed by atoms with Crippen LogP contribution < -0.4 is 10.5 Å². The van der Waals surface area contributed by atoms with Gasteiger partial charge in [-0.25, -0.2) is 4.98 Å². The van der Waals surface area contributed by atoms with Crippen LogP contribution in [0.3, 0.4) is 0 Å². The lowest BCUT2D eigenvalue weighted by Gasteiger charge is -2.10. The number of nitro benzene ring substituents is 1. The Morgan fingerprint density at radius 2 is 2.00 bits per heavy atom. The lowest BCUT2D eigenvalue weighted by Crippen LogP contribution is -2.00. The Morgan fingerprint density at radius 3 is 2.65 bits per heavy atom. The van der Waals surface area contributed by atoms with Gasteiger partial charge >= 0.3 is 0 Å². The van der Waals surface area contributed by atoms with Gasteiger partial charge in [0, 0.05) is 11.6 Å². The Labute approximate surface area is 119 Å². The summed E-state index contributed by atoms with van der Waals surface area (Å²) in [4.78, 5) is 18.0. The summed E-state index contributed by atoms with van der Waals surface area (Å²) in [7, 11) is 0. The van der Waals surface area contributed by atoms with Gasteiger partial charge in [-0.2, -0.15) is 4.98 Å². The third kappa shape index (κ3) is 2.62. The molecule has 0 amide bonds. The molecule has 1 aromatic carbocycles. The molecule has 0 bridgehead atoms. The van der Waals surface area contributed by atoms with Crippen molar-refractivity contribution >= 4 is 23.0 Å². The van der Waals surface area contributed by atoms with E-state index in [0.29, 0.717) is 16.9 Å². The van der Waals surface area contributed by atoms with Crippen molar-refractivity contribution in [2.75, 3.05) is 5.73 Å². The van der Waals surface area contributed by atoms with Gasteiger partial charge in [0.1, 0.15) is 17.8 Å². The number of nitrogens with zero attached hydrogens (tertiary/aromatic N) is 3. The maximum absolute atomic E-state index is 10.8. The number of nitrogens with two attached hydrogens (primary N) is 1. The van der Waals surface area contributed by atoms with Crippen molar-refractivity contribution in [3.8, 4) is 11.6 Å². The number of aromatic nitrogens is 2. The molecule has 2 aromatic rings. The van der Waals surface area contributed by atoms with Crippen molar-refractivity contribution in [2.45, 2.75) is 13.8 Å². The van der Waals surface area contributed by atoms with Crippen LogP contribution in [0.4, 0.5) is 11.4 Å². The van der Waals surface area contributed by atoms with Gasteiger partial charge in [-0.1, -0.05) is 11.6 Å². The van der Waals surface area contributed by atoms with Crippen molar-refractivity contribution in [1.29, 1.82) is 0 Å². The number of rotatable bonds is 3. The van der Waals surface area contributed by atoms with Gasteiger partial charge in [0.25, 0.3) is 5.69 Å². The Balaban J connectivity index is 2.42. The van der Waals surface area contributed by atoms with E-state index in [-0.39, 0.29) is 22.4 Å². The zero-order valence-corrected chi connectivity index (χ0v) is 11.5. The molecule has 0 aliphatic carbocycles. The fourth-order valence-corrected chi connectivity index (χ4v) is 1.75. The number of nitrogen functional groups attached to an aromatic ring is 1. The van der Waals surface area contributed by atoms with Crippen LogP contribution in [0.15, 0.2) is 18.5 Å². The molecule has 0 radical (unpaired) electrons. The highest BCUT2D eigenvalue weighted by Gasteiger charge is 2.16. The third-order valence-electron chi connectivity index (χ3n) is 2.70. The molecule has 0 fully saturated rings. The molecule has 0 spiro atoms. The lowest BCUT2D eigenvalue weighted by molar-refractivity contribution is -0.385. The second-order valence-corrected chi connectivity index (χ2v) is 4.50. The Bertz CT molecular complexity index is 691. The Hall–Kier alpha value is -2.41. The summed E-state index contributed by atoms with van der Waals surface area (Å²) < 4.78 is 5.55.